The van der Waals surface area contributed by atoms with Crippen molar-refractivity contribution in [3.8, 4) is 10.6 Å². The van der Waals surface area contributed by atoms with Crippen molar-refractivity contribution in [1.82, 2.24) is 9.97 Å². The standard InChI is InChI=1S/C27H32N4O4S2/c1-15(2)31(26(33)18-8-6-16(3)7-9-18)22-11-23(37-24(22)27(34)35-5)19-10-17(4)20(12-28-19)30-25(32)21-13-36-14-29-21/h10-16,18H,6-9H2,1-5H3,(H,30,32)/t16-,18-. The molecule has 8 nitrogen and oxygen atoms in total. The molecule has 4 rings (SSSR count). The maximum atomic E-state index is 13.7. The zero-order chi connectivity index (χ0) is 26.7. The van der Waals surface area contributed by atoms with Crippen molar-refractivity contribution >= 4 is 51.8 Å². The lowest BCUT2D eigenvalue weighted by Crippen LogP contribution is -2.42. The smallest absolute Gasteiger partial charge is 0.350 e. The molecule has 1 aliphatic carbocycles. The van der Waals surface area contributed by atoms with E-state index in [4.69, 9.17) is 4.74 Å². The SMILES string of the molecule is COC(=O)c1sc(-c2cc(C)c(NC(=O)c3cscn3)cn2)cc1N(C(=O)[C@H]1CC[C@H](C)CC1)C(C)C. The number of methoxy groups -OCH3 is 1. The average molecular weight is 541 g/mol. The topological polar surface area (TPSA) is 101 Å². The highest BCUT2D eigenvalue weighted by molar-refractivity contribution is 7.18. The van der Waals surface area contributed by atoms with Gasteiger partial charge in [-0.05, 0) is 70.1 Å². The molecular weight excluding hydrogens is 508 g/mol. The number of ether oxygens (including phenoxy) is 1. The number of carbonyl (C=O) groups excluding carboxylic acids is 3. The third-order valence-electron chi connectivity index (χ3n) is 6.74. The molecule has 1 N–H and O–H groups in total. The number of carbonyl (C=O) groups is 3. The molecule has 0 aromatic carbocycles. The van der Waals surface area contributed by atoms with Crippen LogP contribution in [-0.4, -0.2) is 40.9 Å². The highest BCUT2D eigenvalue weighted by Crippen LogP contribution is 2.40. The van der Waals surface area contributed by atoms with Gasteiger partial charge >= 0.3 is 5.97 Å². The monoisotopic (exact) mass is 540 g/mol. The maximum Gasteiger partial charge on any atom is 0.350 e. The van der Waals surface area contributed by atoms with Crippen LogP contribution in [0.1, 0.15) is 72.2 Å². The van der Waals surface area contributed by atoms with E-state index in [0.717, 1.165) is 36.1 Å². The molecule has 0 saturated heterocycles. The van der Waals surface area contributed by atoms with Crippen LogP contribution in [0.4, 0.5) is 11.4 Å². The molecule has 1 saturated carbocycles. The molecule has 0 aliphatic heterocycles. The molecule has 0 unspecified atom stereocenters. The number of thiazole rings is 1. The first kappa shape index (κ1) is 26.9. The van der Waals surface area contributed by atoms with Gasteiger partial charge in [-0.2, -0.15) is 0 Å². The lowest BCUT2D eigenvalue weighted by Gasteiger charge is -2.33. The third kappa shape index (κ3) is 5.91. The summed E-state index contributed by atoms with van der Waals surface area (Å²) in [5.74, 6) is -0.133. The molecule has 0 bridgehead atoms. The van der Waals surface area contributed by atoms with Crippen LogP contribution >= 0.6 is 22.7 Å². The Balaban J connectivity index is 1.65. The maximum absolute atomic E-state index is 13.7. The van der Waals surface area contributed by atoms with Crippen LogP contribution < -0.4 is 10.2 Å². The van der Waals surface area contributed by atoms with Gasteiger partial charge in [0.15, 0.2) is 0 Å². The predicted molar refractivity (Wildman–Crippen MR) is 147 cm³/mol. The van der Waals surface area contributed by atoms with Crippen LogP contribution in [0, 0.1) is 18.8 Å². The van der Waals surface area contributed by atoms with Crippen LogP contribution in [0.5, 0.6) is 0 Å². The Labute approximate surface area is 225 Å². The lowest BCUT2D eigenvalue weighted by atomic mass is 9.82. The van der Waals surface area contributed by atoms with Gasteiger partial charge in [0.2, 0.25) is 5.91 Å². The number of thiophene rings is 1. The highest BCUT2D eigenvalue weighted by Gasteiger charge is 2.34. The molecule has 3 heterocycles. The van der Waals surface area contributed by atoms with E-state index in [0.29, 0.717) is 33.6 Å². The molecule has 1 aliphatic rings. The number of nitrogens with one attached hydrogen (secondary N) is 1. The summed E-state index contributed by atoms with van der Waals surface area (Å²) in [6.07, 6.45) is 5.40. The number of aryl methyl sites for hydroxylation is 1. The van der Waals surface area contributed by atoms with Crippen molar-refractivity contribution in [2.75, 3.05) is 17.3 Å². The van der Waals surface area contributed by atoms with Gasteiger partial charge in [-0.3, -0.25) is 14.6 Å². The first-order chi connectivity index (χ1) is 17.7. The Morgan fingerprint density at radius 2 is 1.86 bits per heavy atom. The summed E-state index contributed by atoms with van der Waals surface area (Å²) in [4.78, 5) is 50.3. The first-order valence-corrected chi connectivity index (χ1v) is 14.2. The van der Waals surface area contributed by atoms with Crippen molar-refractivity contribution in [2.24, 2.45) is 11.8 Å². The van der Waals surface area contributed by atoms with E-state index in [1.165, 1.54) is 29.8 Å². The third-order valence-corrected chi connectivity index (χ3v) is 8.45. The number of hydrogen-bond donors (Lipinski definition) is 1. The molecule has 0 radical (unpaired) electrons. The van der Waals surface area contributed by atoms with Crippen LogP contribution in [0.15, 0.2) is 29.2 Å². The molecule has 37 heavy (non-hydrogen) atoms. The molecule has 10 heteroatoms. The number of anilines is 2. The fourth-order valence-electron chi connectivity index (χ4n) is 4.61. The van der Waals surface area contributed by atoms with Crippen molar-refractivity contribution in [2.45, 2.75) is 59.4 Å². The molecular formula is C27H32N4O4S2. The van der Waals surface area contributed by atoms with Crippen molar-refractivity contribution in [3.63, 3.8) is 0 Å². The van der Waals surface area contributed by atoms with Crippen molar-refractivity contribution < 1.29 is 19.1 Å². The normalized spacial score (nSPS) is 17.5. The van der Waals surface area contributed by atoms with Crippen molar-refractivity contribution in [3.05, 3.63) is 45.4 Å². The first-order valence-electron chi connectivity index (χ1n) is 12.4. The number of esters is 1. The van der Waals surface area contributed by atoms with Gasteiger partial charge in [-0.25, -0.2) is 9.78 Å². The zero-order valence-corrected chi connectivity index (χ0v) is 23.4. The summed E-state index contributed by atoms with van der Waals surface area (Å²) in [6, 6.07) is 3.59. The summed E-state index contributed by atoms with van der Waals surface area (Å²) in [5, 5.41) is 4.53. The largest absolute Gasteiger partial charge is 0.465 e. The molecule has 2 amide bonds. The minimum atomic E-state index is -0.481. The lowest BCUT2D eigenvalue weighted by molar-refractivity contribution is -0.123. The highest BCUT2D eigenvalue weighted by atomic mass is 32.1. The molecule has 0 atom stereocenters. The van der Waals surface area contributed by atoms with Gasteiger partial charge in [0, 0.05) is 17.3 Å². The number of rotatable bonds is 7. The van der Waals surface area contributed by atoms with Crippen LogP contribution in [-0.2, 0) is 9.53 Å². The average Bonchev–Trinajstić information content (AvgIpc) is 3.56. The molecule has 3 aromatic heterocycles. The fourth-order valence-corrected chi connectivity index (χ4v) is 6.18. The Kier molecular flexibility index (Phi) is 8.39. The second-order valence-electron chi connectivity index (χ2n) is 9.79. The van der Waals surface area contributed by atoms with E-state index in [1.54, 1.807) is 22.0 Å². The second-order valence-corrected chi connectivity index (χ2v) is 11.6. The van der Waals surface area contributed by atoms with Gasteiger partial charge in [-0.1, -0.05) is 6.92 Å². The molecule has 3 aromatic rings. The number of hydrogen-bond acceptors (Lipinski definition) is 8. The van der Waals surface area contributed by atoms with Gasteiger partial charge in [0.05, 0.1) is 40.8 Å². The van der Waals surface area contributed by atoms with Gasteiger partial charge in [-0.15, -0.1) is 22.7 Å². The van der Waals surface area contributed by atoms with Crippen LogP contribution in [0.25, 0.3) is 10.6 Å². The van der Waals surface area contributed by atoms with E-state index in [-0.39, 0.29) is 23.8 Å². The zero-order valence-electron chi connectivity index (χ0n) is 21.7. The minimum absolute atomic E-state index is 0.0478. The van der Waals surface area contributed by atoms with Crippen molar-refractivity contribution in [1.29, 1.82) is 0 Å². The number of nitrogens with zero attached hydrogens (tertiary/aromatic N) is 3. The van der Waals surface area contributed by atoms with E-state index in [1.807, 2.05) is 32.9 Å². The van der Waals surface area contributed by atoms with E-state index in [9.17, 15) is 14.4 Å². The van der Waals surface area contributed by atoms with Crippen LogP contribution in [0.3, 0.4) is 0 Å². The van der Waals surface area contributed by atoms with Gasteiger partial charge in [0.1, 0.15) is 10.6 Å². The molecule has 1 fully saturated rings. The number of amides is 2. The quantitative estimate of drug-likeness (QED) is 0.359. The Hall–Kier alpha value is -3.11. The summed E-state index contributed by atoms with van der Waals surface area (Å²) < 4.78 is 5.08. The van der Waals surface area contributed by atoms with Gasteiger partial charge < -0.3 is 15.0 Å². The number of aromatic nitrogens is 2. The number of pyridine rings is 1. The summed E-state index contributed by atoms with van der Waals surface area (Å²) in [5.41, 5.74) is 4.56. The van der Waals surface area contributed by atoms with Gasteiger partial charge in [0.25, 0.3) is 5.91 Å². The minimum Gasteiger partial charge on any atom is -0.465 e. The van der Waals surface area contributed by atoms with E-state index >= 15 is 0 Å². The second kappa shape index (κ2) is 11.5. The summed E-state index contributed by atoms with van der Waals surface area (Å²) in [7, 11) is 1.35. The Morgan fingerprint density at radius 1 is 1.14 bits per heavy atom. The summed E-state index contributed by atoms with van der Waals surface area (Å²) in [6.45, 7) is 8.03. The fraction of sp³-hybridized carbons (Fsp3) is 0.444. The molecule has 0 spiro atoms. The Morgan fingerprint density at radius 3 is 2.46 bits per heavy atom. The summed E-state index contributed by atoms with van der Waals surface area (Å²) >= 11 is 2.61. The van der Waals surface area contributed by atoms with Crippen LogP contribution in [0.2, 0.25) is 0 Å². The Bertz CT molecular complexity index is 1280. The van der Waals surface area contributed by atoms with E-state index < -0.39 is 5.97 Å². The van der Waals surface area contributed by atoms with E-state index in [2.05, 4.69) is 22.2 Å². The predicted octanol–water partition coefficient (Wildman–Crippen LogP) is 6.18. The molecule has 196 valence electrons.